The number of aromatic nitrogens is 4. The quantitative estimate of drug-likeness (QED) is 0.554. The number of carbonyl (C=O) groups excluding carboxylic acids is 1. The number of esters is 1. The zero-order chi connectivity index (χ0) is 18.4. The first-order chi connectivity index (χ1) is 12.5. The van der Waals surface area contributed by atoms with Gasteiger partial charge in [-0.15, -0.1) is 0 Å². The fourth-order valence-electron chi connectivity index (χ4n) is 2.93. The monoisotopic (exact) mass is 350 g/mol. The normalized spacial score (nSPS) is 11.2. The molecule has 1 aromatic carbocycles. The zero-order valence-corrected chi connectivity index (χ0v) is 14.0. The van der Waals surface area contributed by atoms with Crippen LogP contribution in [-0.2, 0) is 4.74 Å². The molecule has 1 N–H and O–H groups in total. The summed E-state index contributed by atoms with van der Waals surface area (Å²) in [5.41, 5.74) is 1.95. The molecule has 0 spiro atoms. The summed E-state index contributed by atoms with van der Waals surface area (Å²) >= 11 is 0. The van der Waals surface area contributed by atoms with Gasteiger partial charge in [0, 0.05) is 18.1 Å². The van der Waals surface area contributed by atoms with Crippen LogP contribution < -0.4 is 5.56 Å². The third kappa shape index (κ3) is 2.23. The number of nitrogens with zero attached hydrogens (tertiary/aromatic N) is 4. The molecule has 4 rings (SSSR count). The van der Waals surface area contributed by atoms with E-state index in [0.717, 1.165) is 0 Å². The number of hydrogen-bond donors (Lipinski definition) is 1. The zero-order valence-electron chi connectivity index (χ0n) is 14.0. The maximum absolute atomic E-state index is 12.9. The lowest BCUT2D eigenvalue weighted by Gasteiger charge is -2.08. The summed E-state index contributed by atoms with van der Waals surface area (Å²) in [5, 5.41) is 14.1. The molecular formula is C18H14N4O4. The Labute approximate surface area is 146 Å². The molecule has 0 saturated carbocycles. The van der Waals surface area contributed by atoms with Gasteiger partial charge >= 0.3 is 5.97 Å². The van der Waals surface area contributed by atoms with Gasteiger partial charge in [-0.3, -0.25) is 9.36 Å². The van der Waals surface area contributed by atoms with Crippen molar-refractivity contribution in [2.45, 2.75) is 6.92 Å². The van der Waals surface area contributed by atoms with Crippen molar-refractivity contribution in [2.75, 3.05) is 7.11 Å². The number of hydrogen-bond acceptors (Lipinski definition) is 6. The van der Waals surface area contributed by atoms with Crippen molar-refractivity contribution in [3.63, 3.8) is 0 Å². The first-order valence-electron chi connectivity index (χ1n) is 7.78. The maximum Gasteiger partial charge on any atom is 0.343 e. The number of methoxy groups -OCH3 is 1. The van der Waals surface area contributed by atoms with Crippen molar-refractivity contribution in [3.05, 3.63) is 64.3 Å². The number of phenols is 1. The summed E-state index contributed by atoms with van der Waals surface area (Å²) in [4.78, 5) is 29.1. The molecule has 0 fully saturated rings. The minimum atomic E-state index is -0.526. The van der Waals surface area contributed by atoms with Crippen LogP contribution in [0.25, 0.3) is 22.2 Å². The van der Waals surface area contributed by atoms with Crippen LogP contribution in [0.4, 0.5) is 0 Å². The van der Waals surface area contributed by atoms with E-state index in [1.54, 1.807) is 31.3 Å². The van der Waals surface area contributed by atoms with E-state index in [-0.39, 0.29) is 16.9 Å². The van der Waals surface area contributed by atoms with Gasteiger partial charge in [0.2, 0.25) is 0 Å². The van der Waals surface area contributed by atoms with Gasteiger partial charge in [-0.25, -0.2) is 14.3 Å². The molecule has 0 unspecified atom stereocenters. The van der Waals surface area contributed by atoms with Crippen LogP contribution in [0.3, 0.4) is 0 Å². The number of rotatable bonds is 2. The third-order valence-electron chi connectivity index (χ3n) is 4.20. The van der Waals surface area contributed by atoms with Crippen LogP contribution >= 0.6 is 0 Å². The molecule has 0 radical (unpaired) electrons. The minimum Gasteiger partial charge on any atom is -0.508 e. The van der Waals surface area contributed by atoms with Crippen molar-refractivity contribution in [3.8, 4) is 11.4 Å². The van der Waals surface area contributed by atoms with Gasteiger partial charge in [-0.2, -0.15) is 5.10 Å². The highest BCUT2D eigenvalue weighted by Crippen LogP contribution is 2.20. The largest absolute Gasteiger partial charge is 0.508 e. The summed E-state index contributed by atoms with van der Waals surface area (Å²) < 4.78 is 7.71. The van der Waals surface area contributed by atoms with Gasteiger partial charge in [0.15, 0.2) is 5.65 Å². The number of aromatic hydroxyl groups is 1. The Morgan fingerprint density at radius 1 is 1.19 bits per heavy atom. The molecule has 0 aliphatic heterocycles. The molecule has 3 heterocycles. The second-order valence-corrected chi connectivity index (χ2v) is 5.75. The summed E-state index contributed by atoms with van der Waals surface area (Å²) in [6.45, 7) is 1.68. The van der Waals surface area contributed by atoms with Crippen molar-refractivity contribution in [1.82, 2.24) is 19.2 Å². The Kier molecular flexibility index (Phi) is 3.47. The van der Waals surface area contributed by atoms with Gasteiger partial charge in [-0.05, 0) is 37.3 Å². The van der Waals surface area contributed by atoms with Crippen LogP contribution in [0.5, 0.6) is 5.75 Å². The molecule has 3 aromatic heterocycles. The Morgan fingerprint density at radius 2 is 1.92 bits per heavy atom. The van der Waals surface area contributed by atoms with Crippen molar-refractivity contribution in [2.24, 2.45) is 0 Å². The summed E-state index contributed by atoms with van der Waals surface area (Å²) in [7, 11) is 1.29. The summed E-state index contributed by atoms with van der Waals surface area (Å²) in [5.74, 6) is -0.407. The van der Waals surface area contributed by atoms with Crippen molar-refractivity contribution in [1.29, 1.82) is 0 Å². The number of phenolic OH excluding ortho intramolecular Hbond substituents is 1. The highest BCUT2D eigenvalue weighted by molar-refractivity contribution is 5.98. The molecule has 0 aliphatic carbocycles. The van der Waals surface area contributed by atoms with Crippen LogP contribution in [-0.4, -0.2) is 37.4 Å². The smallest absolute Gasteiger partial charge is 0.343 e. The van der Waals surface area contributed by atoms with E-state index < -0.39 is 5.97 Å². The molecule has 8 heteroatoms. The molecule has 8 nitrogen and oxygen atoms in total. The Balaban J connectivity index is 2.00. The molecule has 130 valence electrons. The van der Waals surface area contributed by atoms with E-state index in [1.165, 1.54) is 34.5 Å². The highest BCUT2D eigenvalue weighted by Gasteiger charge is 2.20. The van der Waals surface area contributed by atoms with Crippen LogP contribution in [0, 0.1) is 6.92 Å². The number of carbonyl (C=O) groups is 1. The van der Waals surface area contributed by atoms with E-state index in [1.807, 2.05) is 0 Å². The predicted molar refractivity (Wildman–Crippen MR) is 93.8 cm³/mol. The molecule has 0 amide bonds. The lowest BCUT2D eigenvalue weighted by atomic mass is 10.2. The number of benzene rings is 1. The van der Waals surface area contributed by atoms with Gasteiger partial charge in [0.05, 0.1) is 23.7 Å². The molecule has 0 saturated heterocycles. The van der Waals surface area contributed by atoms with Gasteiger partial charge in [0.1, 0.15) is 11.3 Å². The van der Waals surface area contributed by atoms with Crippen molar-refractivity contribution < 1.29 is 14.6 Å². The number of pyridine rings is 1. The standard InChI is InChI=1S/C18H14N4O4/c1-10-15(18(25)26-2)16-19-9-13-14(22(16)20-10)7-8-21(17(13)24)11-3-5-12(23)6-4-11/h3-9,23H,1-2H3. The lowest BCUT2D eigenvalue weighted by Crippen LogP contribution is -2.18. The van der Waals surface area contributed by atoms with Gasteiger partial charge in [0.25, 0.3) is 5.56 Å². The minimum absolute atomic E-state index is 0.119. The number of aryl methyl sites for hydroxylation is 1. The summed E-state index contributed by atoms with van der Waals surface area (Å²) in [6.07, 6.45) is 3.04. The molecule has 0 atom stereocenters. The molecular weight excluding hydrogens is 336 g/mol. The number of ether oxygens (including phenoxy) is 1. The van der Waals surface area contributed by atoms with Gasteiger partial charge in [-0.1, -0.05) is 0 Å². The highest BCUT2D eigenvalue weighted by atomic mass is 16.5. The maximum atomic E-state index is 12.9. The first-order valence-corrected chi connectivity index (χ1v) is 7.78. The van der Waals surface area contributed by atoms with Crippen LogP contribution in [0.1, 0.15) is 16.1 Å². The average Bonchev–Trinajstić information content (AvgIpc) is 2.98. The lowest BCUT2D eigenvalue weighted by molar-refractivity contribution is 0.0602. The Morgan fingerprint density at radius 3 is 2.62 bits per heavy atom. The van der Waals surface area contributed by atoms with E-state index in [4.69, 9.17) is 4.74 Å². The molecule has 0 aliphatic rings. The Bertz CT molecular complexity index is 1220. The van der Waals surface area contributed by atoms with Crippen LogP contribution in [0.2, 0.25) is 0 Å². The van der Waals surface area contributed by atoms with Crippen LogP contribution in [0.15, 0.2) is 47.5 Å². The van der Waals surface area contributed by atoms with Gasteiger partial charge < -0.3 is 9.84 Å². The van der Waals surface area contributed by atoms with Crippen molar-refractivity contribution >= 4 is 22.5 Å². The van der Waals surface area contributed by atoms with E-state index >= 15 is 0 Å². The SMILES string of the molecule is COC(=O)c1c(C)nn2c1ncc1c(=O)n(-c3ccc(O)cc3)ccc12. The molecule has 4 aromatic rings. The fourth-order valence-corrected chi connectivity index (χ4v) is 2.93. The summed E-state index contributed by atoms with van der Waals surface area (Å²) in [6, 6.07) is 8.02. The Hall–Kier alpha value is -3.68. The third-order valence-corrected chi connectivity index (χ3v) is 4.20. The van der Waals surface area contributed by atoms with E-state index in [2.05, 4.69) is 10.1 Å². The van der Waals surface area contributed by atoms with E-state index in [9.17, 15) is 14.7 Å². The average molecular weight is 350 g/mol. The second-order valence-electron chi connectivity index (χ2n) is 5.75. The predicted octanol–water partition coefficient (Wildman–Crippen LogP) is 1.83. The topological polar surface area (TPSA) is 98.7 Å². The second kappa shape index (κ2) is 5.69. The molecule has 26 heavy (non-hydrogen) atoms. The fraction of sp³-hybridized carbons (Fsp3) is 0.111. The first kappa shape index (κ1) is 15.8. The molecule has 0 bridgehead atoms. The van der Waals surface area contributed by atoms with E-state index in [0.29, 0.717) is 27.9 Å². The number of fused-ring (bicyclic) bond motifs is 3.